The molecule has 0 saturated carbocycles. The maximum absolute atomic E-state index is 12.7. The number of halogens is 3. The van der Waals surface area contributed by atoms with E-state index >= 15 is 0 Å². The van der Waals surface area contributed by atoms with Crippen molar-refractivity contribution in [2.75, 3.05) is 10.8 Å². The Kier molecular flexibility index (Phi) is 4.79. The molecule has 2 aromatic rings. The average Bonchev–Trinajstić information content (AvgIpc) is 2.52. The van der Waals surface area contributed by atoms with Crippen LogP contribution in [0.3, 0.4) is 0 Å². The Morgan fingerprint density at radius 2 is 1.57 bits per heavy atom. The van der Waals surface area contributed by atoms with E-state index < -0.39 is 21.8 Å². The molecule has 0 aliphatic heterocycles. The summed E-state index contributed by atoms with van der Waals surface area (Å²) in [7, 11) is -3.88. The Labute approximate surface area is 132 Å². The minimum Gasteiger partial charge on any atom is -0.263 e. The van der Waals surface area contributed by atoms with Gasteiger partial charge in [-0.3, -0.25) is 4.31 Å². The molecule has 0 aromatic heterocycles. The molecule has 7 heteroatoms. The minimum absolute atomic E-state index is 0.0530. The molecule has 0 amide bonds. The Morgan fingerprint density at radius 3 is 2.04 bits per heavy atom. The van der Waals surface area contributed by atoms with Crippen LogP contribution in [0, 0.1) is 0 Å². The second kappa shape index (κ2) is 6.45. The highest BCUT2D eigenvalue weighted by Gasteiger charge is 2.31. The molecule has 2 rings (SSSR count). The van der Waals surface area contributed by atoms with Gasteiger partial charge in [0, 0.05) is 0 Å². The Bertz CT molecular complexity index is 769. The van der Waals surface area contributed by atoms with E-state index in [9.17, 15) is 21.6 Å². The lowest BCUT2D eigenvalue weighted by Gasteiger charge is -2.23. The van der Waals surface area contributed by atoms with Gasteiger partial charge in [0.1, 0.15) is 0 Å². The fourth-order valence-electron chi connectivity index (χ4n) is 2.00. The van der Waals surface area contributed by atoms with E-state index in [1.54, 1.807) is 18.2 Å². The molecule has 2 aromatic carbocycles. The summed E-state index contributed by atoms with van der Waals surface area (Å²) < 4.78 is 64.2. The standard InChI is InChI=1S/C16H14F3NO2S/c1-2-12-20(23(21,22)15-6-4-3-5-7-15)14-10-8-13(9-11-14)16(17,18)19/h2-11H,1,12H2. The van der Waals surface area contributed by atoms with Crippen LogP contribution in [0.2, 0.25) is 0 Å². The van der Waals surface area contributed by atoms with Crippen molar-refractivity contribution >= 4 is 15.7 Å². The van der Waals surface area contributed by atoms with E-state index in [4.69, 9.17) is 0 Å². The Hall–Kier alpha value is -2.28. The third-order valence-electron chi connectivity index (χ3n) is 3.11. The van der Waals surface area contributed by atoms with Crippen LogP contribution >= 0.6 is 0 Å². The van der Waals surface area contributed by atoms with Crippen molar-refractivity contribution in [3.8, 4) is 0 Å². The van der Waals surface area contributed by atoms with Gasteiger partial charge in [0.15, 0.2) is 0 Å². The Morgan fingerprint density at radius 1 is 1.00 bits per heavy atom. The van der Waals surface area contributed by atoms with Crippen molar-refractivity contribution in [1.82, 2.24) is 0 Å². The van der Waals surface area contributed by atoms with Crippen molar-refractivity contribution in [3.05, 3.63) is 72.8 Å². The quantitative estimate of drug-likeness (QED) is 0.768. The van der Waals surface area contributed by atoms with Gasteiger partial charge in [-0.1, -0.05) is 24.3 Å². The Balaban J connectivity index is 2.45. The maximum atomic E-state index is 12.7. The van der Waals surface area contributed by atoms with Crippen molar-refractivity contribution in [2.45, 2.75) is 11.1 Å². The van der Waals surface area contributed by atoms with E-state index in [2.05, 4.69) is 6.58 Å². The van der Waals surface area contributed by atoms with Crippen molar-refractivity contribution < 1.29 is 21.6 Å². The second-order valence-electron chi connectivity index (χ2n) is 4.68. The summed E-state index contributed by atoms with van der Waals surface area (Å²) in [4.78, 5) is 0.0572. The van der Waals surface area contributed by atoms with Crippen LogP contribution in [0.5, 0.6) is 0 Å². The van der Waals surface area contributed by atoms with Crippen LogP contribution in [0.15, 0.2) is 72.1 Å². The first-order valence-corrected chi connectivity index (χ1v) is 8.07. The maximum Gasteiger partial charge on any atom is 0.416 e. The summed E-state index contributed by atoms with van der Waals surface area (Å²) >= 11 is 0. The molecule has 0 heterocycles. The molecule has 3 nitrogen and oxygen atoms in total. The molecule has 0 spiro atoms. The molecule has 0 aliphatic rings. The molecule has 23 heavy (non-hydrogen) atoms. The summed E-state index contributed by atoms with van der Waals surface area (Å²) in [6, 6.07) is 11.6. The molecule has 0 bridgehead atoms. The van der Waals surface area contributed by atoms with Gasteiger partial charge in [0.25, 0.3) is 10.0 Å². The SMILES string of the molecule is C=CCN(c1ccc(C(F)(F)F)cc1)S(=O)(=O)c1ccccc1. The lowest BCUT2D eigenvalue weighted by Crippen LogP contribution is -2.31. The van der Waals surface area contributed by atoms with E-state index in [-0.39, 0.29) is 17.1 Å². The summed E-state index contributed by atoms with van der Waals surface area (Å²) in [5.74, 6) is 0. The van der Waals surface area contributed by atoms with Gasteiger partial charge in [-0.15, -0.1) is 6.58 Å². The van der Waals surface area contributed by atoms with E-state index in [0.29, 0.717) is 0 Å². The summed E-state index contributed by atoms with van der Waals surface area (Å²) in [5, 5.41) is 0. The van der Waals surface area contributed by atoms with Crippen LogP contribution in [-0.2, 0) is 16.2 Å². The van der Waals surface area contributed by atoms with Crippen LogP contribution in [0.1, 0.15) is 5.56 Å². The third kappa shape index (κ3) is 3.73. The van der Waals surface area contributed by atoms with Gasteiger partial charge >= 0.3 is 6.18 Å². The fourth-order valence-corrected chi connectivity index (χ4v) is 3.45. The van der Waals surface area contributed by atoms with Crippen LogP contribution < -0.4 is 4.31 Å². The van der Waals surface area contributed by atoms with Crippen LogP contribution in [0.4, 0.5) is 18.9 Å². The smallest absolute Gasteiger partial charge is 0.263 e. The van der Waals surface area contributed by atoms with Crippen molar-refractivity contribution in [1.29, 1.82) is 0 Å². The molecule has 0 radical (unpaired) electrons. The van der Waals surface area contributed by atoms with Gasteiger partial charge in [0.2, 0.25) is 0 Å². The van der Waals surface area contributed by atoms with Crippen LogP contribution in [0.25, 0.3) is 0 Å². The fraction of sp³-hybridized carbons (Fsp3) is 0.125. The lowest BCUT2D eigenvalue weighted by molar-refractivity contribution is -0.137. The number of anilines is 1. The molecule has 0 fully saturated rings. The number of sulfonamides is 1. The summed E-state index contributed by atoms with van der Waals surface area (Å²) in [5.41, 5.74) is -0.696. The predicted octanol–water partition coefficient (Wildman–Crippen LogP) is 4.09. The van der Waals surface area contributed by atoms with E-state index in [1.807, 2.05) is 0 Å². The van der Waals surface area contributed by atoms with E-state index in [0.717, 1.165) is 28.6 Å². The molecule has 0 atom stereocenters. The minimum atomic E-state index is -4.47. The highest BCUT2D eigenvalue weighted by molar-refractivity contribution is 7.92. The first-order valence-electron chi connectivity index (χ1n) is 6.63. The highest BCUT2D eigenvalue weighted by Crippen LogP contribution is 2.31. The number of hydrogen-bond donors (Lipinski definition) is 0. The van der Waals surface area contributed by atoms with Gasteiger partial charge in [-0.25, -0.2) is 8.42 Å². The zero-order valence-corrected chi connectivity index (χ0v) is 12.8. The number of alkyl halides is 3. The molecular weight excluding hydrogens is 327 g/mol. The zero-order valence-electron chi connectivity index (χ0n) is 12.0. The number of nitrogens with zero attached hydrogens (tertiary/aromatic N) is 1. The second-order valence-corrected chi connectivity index (χ2v) is 6.54. The number of benzene rings is 2. The molecule has 0 aliphatic carbocycles. The van der Waals surface area contributed by atoms with Gasteiger partial charge in [0.05, 0.1) is 22.7 Å². The van der Waals surface area contributed by atoms with Crippen molar-refractivity contribution in [2.24, 2.45) is 0 Å². The zero-order chi connectivity index (χ0) is 17.1. The molecule has 0 N–H and O–H groups in total. The largest absolute Gasteiger partial charge is 0.416 e. The van der Waals surface area contributed by atoms with Crippen LogP contribution in [-0.4, -0.2) is 15.0 Å². The lowest BCUT2D eigenvalue weighted by atomic mass is 10.2. The normalized spacial score (nSPS) is 12.0. The molecule has 0 unspecified atom stereocenters. The third-order valence-corrected chi connectivity index (χ3v) is 4.92. The topological polar surface area (TPSA) is 37.4 Å². The van der Waals surface area contributed by atoms with Crippen molar-refractivity contribution in [3.63, 3.8) is 0 Å². The monoisotopic (exact) mass is 341 g/mol. The number of hydrogen-bond acceptors (Lipinski definition) is 2. The molecule has 122 valence electrons. The summed E-state index contributed by atoms with van der Waals surface area (Å²) in [6.45, 7) is 3.45. The molecule has 0 saturated heterocycles. The predicted molar refractivity (Wildman–Crippen MR) is 82.6 cm³/mol. The first-order chi connectivity index (χ1) is 10.8. The van der Waals surface area contributed by atoms with Gasteiger partial charge in [-0.2, -0.15) is 13.2 Å². The highest BCUT2D eigenvalue weighted by atomic mass is 32.2. The average molecular weight is 341 g/mol. The van der Waals surface area contributed by atoms with E-state index in [1.165, 1.54) is 18.2 Å². The molecular formula is C16H14F3NO2S. The first kappa shape index (κ1) is 17.1. The van der Waals surface area contributed by atoms with Gasteiger partial charge in [-0.05, 0) is 36.4 Å². The number of rotatable bonds is 5. The summed E-state index contributed by atoms with van der Waals surface area (Å²) in [6.07, 6.45) is -3.10. The van der Waals surface area contributed by atoms with Gasteiger partial charge < -0.3 is 0 Å².